The second-order valence-corrected chi connectivity index (χ2v) is 7.48. The van der Waals surface area contributed by atoms with Gasteiger partial charge in [-0.3, -0.25) is 4.68 Å². The standard InChI is InChI=1S/C14H26N4O2S/c1-2-14(12-6-4-3-5-7-12)17-21(19,20)13-10-16-18(11-13)9-8-15/h10-12,14,17H,2-9,15H2,1H3. The second kappa shape index (κ2) is 7.38. The van der Waals surface area contributed by atoms with Crippen LogP contribution in [0.25, 0.3) is 0 Å². The average Bonchev–Trinajstić information content (AvgIpc) is 2.96. The molecule has 2 rings (SSSR count). The van der Waals surface area contributed by atoms with Crippen LogP contribution >= 0.6 is 0 Å². The van der Waals surface area contributed by atoms with Gasteiger partial charge in [0.15, 0.2) is 0 Å². The SMILES string of the molecule is CCC(NS(=O)(=O)c1cnn(CCN)c1)C1CCCCC1. The van der Waals surface area contributed by atoms with Crippen LogP contribution in [0.15, 0.2) is 17.3 Å². The smallest absolute Gasteiger partial charge is 0.243 e. The Labute approximate surface area is 127 Å². The van der Waals surface area contributed by atoms with Gasteiger partial charge in [0.1, 0.15) is 4.90 Å². The second-order valence-electron chi connectivity index (χ2n) is 5.76. The molecule has 0 radical (unpaired) electrons. The van der Waals surface area contributed by atoms with Crippen LogP contribution < -0.4 is 10.5 Å². The number of nitrogens with two attached hydrogens (primary N) is 1. The quantitative estimate of drug-likeness (QED) is 0.797. The van der Waals surface area contributed by atoms with Crippen molar-refractivity contribution in [2.24, 2.45) is 11.7 Å². The van der Waals surface area contributed by atoms with Gasteiger partial charge in [-0.1, -0.05) is 26.2 Å². The van der Waals surface area contributed by atoms with Crippen molar-refractivity contribution in [3.8, 4) is 0 Å². The molecule has 1 aromatic rings. The molecule has 120 valence electrons. The summed E-state index contributed by atoms with van der Waals surface area (Å²) < 4.78 is 29.4. The molecule has 0 bridgehead atoms. The molecule has 1 atom stereocenters. The molecule has 1 aromatic heterocycles. The van der Waals surface area contributed by atoms with E-state index in [2.05, 4.69) is 9.82 Å². The fourth-order valence-electron chi connectivity index (χ4n) is 3.05. The highest BCUT2D eigenvalue weighted by atomic mass is 32.2. The molecule has 0 spiro atoms. The fourth-order valence-corrected chi connectivity index (χ4v) is 4.39. The van der Waals surface area contributed by atoms with E-state index in [-0.39, 0.29) is 10.9 Å². The van der Waals surface area contributed by atoms with Crippen molar-refractivity contribution in [2.75, 3.05) is 6.54 Å². The Kier molecular flexibility index (Phi) is 5.78. The van der Waals surface area contributed by atoms with Crippen LogP contribution in [0.2, 0.25) is 0 Å². The summed E-state index contributed by atoms with van der Waals surface area (Å²) in [7, 11) is -3.49. The van der Waals surface area contributed by atoms with E-state index in [4.69, 9.17) is 5.73 Å². The lowest BCUT2D eigenvalue weighted by molar-refractivity contribution is 0.285. The molecule has 1 fully saturated rings. The topological polar surface area (TPSA) is 90.0 Å². The van der Waals surface area contributed by atoms with E-state index in [1.807, 2.05) is 6.92 Å². The molecule has 1 aliphatic rings. The molecule has 3 N–H and O–H groups in total. The van der Waals surface area contributed by atoms with Crippen molar-refractivity contribution < 1.29 is 8.42 Å². The Balaban J connectivity index is 2.06. The van der Waals surface area contributed by atoms with Crippen molar-refractivity contribution in [3.63, 3.8) is 0 Å². The molecule has 6 nitrogen and oxygen atoms in total. The maximum absolute atomic E-state index is 12.5. The summed E-state index contributed by atoms with van der Waals surface area (Å²) in [6.45, 7) is 3.00. The van der Waals surface area contributed by atoms with Crippen LogP contribution in [-0.4, -0.2) is 30.8 Å². The van der Waals surface area contributed by atoms with Gasteiger partial charge >= 0.3 is 0 Å². The van der Waals surface area contributed by atoms with Gasteiger partial charge < -0.3 is 5.73 Å². The number of hydrogen-bond acceptors (Lipinski definition) is 4. The molecule has 1 saturated carbocycles. The lowest BCUT2D eigenvalue weighted by atomic mass is 9.83. The number of nitrogens with zero attached hydrogens (tertiary/aromatic N) is 2. The highest BCUT2D eigenvalue weighted by molar-refractivity contribution is 7.89. The van der Waals surface area contributed by atoms with Crippen LogP contribution in [0.5, 0.6) is 0 Å². The Bertz CT molecular complexity index is 535. The van der Waals surface area contributed by atoms with Gasteiger partial charge in [-0.2, -0.15) is 5.10 Å². The zero-order valence-electron chi connectivity index (χ0n) is 12.7. The van der Waals surface area contributed by atoms with Crippen molar-refractivity contribution in [3.05, 3.63) is 12.4 Å². The molecule has 0 amide bonds. The zero-order chi connectivity index (χ0) is 15.3. The Morgan fingerprint density at radius 3 is 2.76 bits per heavy atom. The molecule has 1 unspecified atom stereocenters. The molecule has 1 aliphatic carbocycles. The predicted molar refractivity (Wildman–Crippen MR) is 82.3 cm³/mol. The van der Waals surface area contributed by atoms with Crippen LogP contribution in [0.1, 0.15) is 45.4 Å². The van der Waals surface area contributed by atoms with Crippen LogP contribution in [0, 0.1) is 5.92 Å². The maximum atomic E-state index is 12.5. The van der Waals surface area contributed by atoms with E-state index in [1.54, 1.807) is 10.9 Å². The van der Waals surface area contributed by atoms with Gasteiger partial charge in [0, 0.05) is 18.8 Å². The lowest BCUT2D eigenvalue weighted by Crippen LogP contribution is -2.40. The van der Waals surface area contributed by atoms with E-state index >= 15 is 0 Å². The fraction of sp³-hybridized carbons (Fsp3) is 0.786. The number of hydrogen-bond donors (Lipinski definition) is 2. The molecule has 0 saturated heterocycles. The van der Waals surface area contributed by atoms with Crippen molar-refractivity contribution in [2.45, 2.75) is 62.9 Å². The van der Waals surface area contributed by atoms with Crippen LogP contribution in [0.4, 0.5) is 0 Å². The number of sulfonamides is 1. The third kappa shape index (κ3) is 4.28. The summed E-state index contributed by atoms with van der Waals surface area (Å²) in [5.41, 5.74) is 5.45. The summed E-state index contributed by atoms with van der Waals surface area (Å²) in [6, 6.07) is 0.0214. The van der Waals surface area contributed by atoms with Gasteiger partial charge in [0.2, 0.25) is 10.0 Å². The van der Waals surface area contributed by atoms with Gasteiger partial charge in [0.05, 0.1) is 12.7 Å². The first-order chi connectivity index (χ1) is 10.1. The Morgan fingerprint density at radius 1 is 1.43 bits per heavy atom. The summed E-state index contributed by atoms with van der Waals surface area (Å²) in [5, 5.41) is 4.04. The number of aromatic nitrogens is 2. The molecule has 21 heavy (non-hydrogen) atoms. The largest absolute Gasteiger partial charge is 0.329 e. The summed E-state index contributed by atoms with van der Waals surface area (Å²) >= 11 is 0. The van der Waals surface area contributed by atoms with E-state index in [0.29, 0.717) is 19.0 Å². The van der Waals surface area contributed by atoms with Gasteiger partial charge in [-0.05, 0) is 25.2 Å². The van der Waals surface area contributed by atoms with Crippen LogP contribution in [0.3, 0.4) is 0 Å². The monoisotopic (exact) mass is 314 g/mol. The highest BCUT2D eigenvalue weighted by Gasteiger charge is 2.27. The summed E-state index contributed by atoms with van der Waals surface area (Å²) in [6.07, 6.45) is 9.68. The first-order valence-electron chi connectivity index (χ1n) is 7.81. The molecular formula is C14H26N4O2S. The van der Waals surface area contributed by atoms with Gasteiger partial charge in [0.25, 0.3) is 0 Å². The molecular weight excluding hydrogens is 288 g/mol. The third-order valence-corrected chi connectivity index (χ3v) is 5.69. The van der Waals surface area contributed by atoms with Crippen molar-refractivity contribution in [1.29, 1.82) is 0 Å². The first-order valence-corrected chi connectivity index (χ1v) is 9.30. The van der Waals surface area contributed by atoms with E-state index < -0.39 is 10.0 Å². The minimum absolute atomic E-state index is 0.0214. The average molecular weight is 314 g/mol. The highest BCUT2D eigenvalue weighted by Crippen LogP contribution is 2.28. The normalized spacial score (nSPS) is 18.8. The Morgan fingerprint density at radius 2 is 2.14 bits per heavy atom. The lowest BCUT2D eigenvalue weighted by Gasteiger charge is -2.29. The Hall–Kier alpha value is -0.920. The molecule has 1 heterocycles. The molecule has 0 aromatic carbocycles. The molecule has 7 heteroatoms. The van der Waals surface area contributed by atoms with Gasteiger partial charge in [-0.15, -0.1) is 0 Å². The van der Waals surface area contributed by atoms with E-state index in [0.717, 1.165) is 19.3 Å². The number of nitrogens with one attached hydrogen (secondary N) is 1. The van der Waals surface area contributed by atoms with E-state index in [1.165, 1.54) is 25.5 Å². The van der Waals surface area contributed by atoms with Gasteiger partial charge in [-0.25, -0.2) is 13.1 Å². The number of rotatable bonds is 7. The minimum Gasteiger partial charge on any atom is -0.329 e. The van der Waals surface area contributed by atoms with E-state index in [9.17, 15) is 8.42 Å². The van der Waals surface area contributed by atoms with Crippen LogP contribution in [-0.2, 0) is 16.6 Å². The predicted octanol–water partition coefficient (Wildman–Crippen LogP) is 1.48. The summed E-state index contributed by atoms with van der Waals surface area (Å²) in [4.78, 5) is 0.227. The summed E-state index contributed by atoms with van der Waals surface area (Å²) in [5.74, 6) is 0.456. The first kappa shape index (κ1) is 16.5. The molecule has 0 aliphatic heterocycles. The maximum Gasteiger partial charge on any atom is 0.243 e. The zero-order valence-corrected chi connectivity index (χ0v) is 13.5. The van der Waals surface area contributed by atoms with Crippen molar-refractivity contribution in [1.82, 2.24) is 14.5 Å². The minimum atomic E-state index is -3.49. The third-order valence-electron chi connectivity index (χ3n) is 4.24. The van der Waals surface area contributed by atoms with Crippen molar-refractivity contribution >= 4 is 10.0 Å².